The highest BCUT2D eigenvalue weighted by atomic mass is 35.5. The molecule has 1 saturated heterocycles. The Bertz CT molecular complexity index is 1020. The van der Waals surface area contributed by atoms with Crippen molar-refractivity contribution in [3.05, 3.63) is 40.5 Å². The van der Waals surface area contributed by atoms with Crippen molar-refractivity contribution < 1.29 is 9.53 Å². The van der Waals surface area contributed by atoms with Gasteiger partial charge in [0.2, 0.25) is 11.9 Å². The van der Waals surface area contributed by atoms with Crippen LogP contribution in [0.4, 0.5) is 5.95 Å². The Balaban J connectivity index is 1.25. The van der Waals surface area contributed by atoms with Gasteiger partial charge < -0.3 is 15.4 Å². The van der Waals surface area contributed by atoms with Gasteiger partial charge in [0.05, 0.1) is 23.5 Å². The summed E-state index contributed by atoms with van der Waals surface area (Å²) >= 11 is 6.48. The van der Waals surface area contributed by atoms with Crippen LogP contribution >= 0.6 is 11.6 Å². The first-order chi connectivity index (χ1) is 16.0. The fourth-order valence-electron chi connectivity index (χ4n) is 5.25. The molecular formula is C25H32ClN5O2. The van der Waals surface area contributed by atoms with E-state index in [4.69, 9.17) is 21.3 Å². The molecule has 0 spiro atoms. The zero-order chi connectivity index (χ0) is 22.8. The predicted molar refractivity (Wildman–Crippen MR) is 129 cm³/mol. The number of nitrogens with zero attached hydrogens (tertiary/aromatic N) is 3. The molecule has 3 heterocycles. The second-order valence-electron chi connectivity index (χ2n) is 9.87. The van der Waals surface area contributed by atoms with E-state index in [2.05, 4.69) is 45.6 Å². The average molecular weight is 470 g/mol. The number of rotatable bonds is 6. The van der Waals surface area contributed by atoms with E-state index in [1.165, 1.54) is 24.0 Å². The van der Waals surface area contributed by atoms with Crippen LogP contribution in [0, 0.1) is 0 Å². The molecule has 2 fully saturated rings. The van der Waals surface area contributed by atoms with Gasteiger partial charge in [0.1, 0.15) is 0 Å². The SMILES string of the molecule is CC1(NC(=O)CN2Cc3ccc(-c4nc(NC5CCOCC5)ncc4Cl)cc3C2)CCCC1. The van der Waals surface area contributed by atoms with Crippen LogP contribution < -0.4 is 10.6 Å². The van der Waals surface area contributed by atoms with Crippen LogP contribution in [0.1, 0.15) is 56.6 Å². The first-order valence-corrected chi connectivity index (χ1v) is 12.4. The Morgan fingerprint density at radius 2 is 1.97 bits per heavy atom. The lowest BCUT2D eigenvalue weighted by Gasteiger charge is -2.26. The Morgan fingerprint density at radius 1 is 1.21 bits per heavy atom. The Hall–Kier alpha value is -2.22. The quantitative estimate of drug-likeness (QED) is 0.661. The molecule has 1 aromatic carbocycles. The summed E-state index contributed by atoms with van der Waals surface area (Å²) in [7, 11) is 0. The van der Waals surface area contributed by atoms with E-state index >= 15 is 0 Å². The van der Waals surface area contributed by atoms with Gasteiger partial charge in [-0.1, -0.05) is 36.6 Å². The van der Waals surface area contributed by atoms with Gasteiger partial charge in [-0.2, -0.15) is 0 Å². The van der Waals surface area contributed by atoms with Gasteiger partial charge in [-0.05, 0) is 49.8 Å². The normalized spacial score (nSPS) is 20.5. The number of nitrogens with one attached hydrogen (secondary N) is 2. The minimum Gasteiger partial charge on any atom is -0.381 e. The zero-order valence-electron chi connectivity index (χ0n) is 19.2. The number of anilines is 1. The van der Waals surface area contributed by atoms with Crippen LogP contribution in [-0.4, -0.2) is 52.1 Å². The van der Waals surface area contributed by atoms with E-state index in [1.54, 1.807) is 6.20 Å². The standard InChI is InChI=1S/C25H32ClN5O2/c1-25(8-2-3-9-25)30-22(32)16-31-14-18-5-4-17(12-19(18)15-31)23-21(26)13-27-24(29-23)28-20-6-10-33-11-7-20/h4-5,12-13,20H,2-3,6-11,14-16H2,1H3,(H,30,32)(H,27,28,29). The highest BCUT2D eigenvalue weighted by Crippen LogP contribution is 2.32. The molecule has 176 valence electrons. The maximum absolute atomic E-state index is 12.6. The second kappa shape index (κ2) is 9.57. The van der Waals surface area contributed by atoms with Crippen molar-refractivity contribution in [1.82, 2.24) is 20.2 Å². The monoisotopic (exact) mass is 469 g/mol. The lowest BCUT2D eigenvalue weighted by molar-refractivity contribution is -0.124. The maximum Gasteiger partial charge on any atom is 0.234 e. The molecule has 8 heteroatoms. The smallest absolute Gasteiger partial charge is 0.234 e. The van der Waals surface area contributed by atoms with Crippen molar-refractivity contribution in [2.24, 2.45) is 0 Å². The Kier molecular flexibility index (Phi) is 6.54. The van der Waals surface area contributed by atoms with Gasteiger partial charge in [-0.25, -0.2) is 9.97 Å². The van der Waals surface area contributed by atoms with Crippen LogP contribution in [0.2, 0.25) is 5.02 Å². The molecule has 1 aliphatic carbocycles. The molecule has 0 bridgehead atoms. The number of aromatic nitrogens is 2. The van der Waals surface area contributed by atoms with E-state index in [9.17, 15) is 4.79 Å². The van der Waals surface area contributed by atoms with Crippen molar-refractivity contribution in [1.29, 1.82) is 0 Å². The molecule has 0 radical (unpaired) electrons. The van der Waals surface area contributed by atoms with Crippen molar-refractivity contribution >= 4 is 23.5 Å². The number of halogens is 1. The van der Waals surface area contributed by atoms with Gasteiger partial charge in [-0.15, -0.1) is 0 Å². The van der Waals surface area contributed by atoms with Crippen molar-refractivity contribution in [3.8, 4) is 11.3 Å². The summed E-state index contributed by atoms with van der Waals surface area (Å²) in [6.07, 6.45) is 8.12. The number of carbonyl (C=O) groups is 1. The highest BCUT2D eigenvalue weighted by Gasteiger charge is 2.31. The summed E-state index contributed by atoms with van der Waals surface area (Å²) in [5.74, 6) is 0.718. The molecule has 3 aliphatic rings. The van der Waals surface area contributed by atoms with Crippen LogP contribution in [0.15, 0.2) is 24.4 Å². The molecule has 1 aromatic heterocycles. The number of amides is 1. The highest BCUT2D eigenvalue weighted by molar-refractivity contribution is 6.32. The molecule has 2 N–H and O–H groups in total. The molecule has 0 unspecified atom stereocenters. The predicted octanol–water partition coefficient (Wildman–Crippen LogP) is 4.15. The summed E-state index contributed by atoms with van der Waals surface area (Å²) in [6, 6.07) is 6.66. The third kappa shape index (κ3) is 5.31. The number of carbonyl (C=O) groups excluding carboxylic acids is 1. The Labute approximate surface area is 200 Å². The topological polar surface area (TPSA) is 79.4 Å². The van der Waals surface area contributed by atoms with Gasteiger partial charge in [0.25, 0.3) is 0 Å². The summed E-state index contributed by atoms with van der Waals surface area (Å²) in [5, 5.41) is 7.22. The number of hydrogen-bond donors (Lipinski definition) is 2. The van der Waals surface area contributed by atoms with E-state index in [-0.39, 0.29) is 11.4 Å². The molecule has 1 amide bonds. The fourth-order valence-corrected chi connectivity index (χ4v) is 5.45. The summed E-state index contributed by atoms with van der Waals surface area (Å²) in [5.41, 5.74) is 4.15. The number of hydrogen-bond acceptors (Lipinski definition) is 6. The minimum atomic E-state index is -0.0308. The average Bonchev–Trinajstić information content (AvgIpc) is 3.40. The molecule has 0 atom stereocenters. The van der Waals surface area contributed by atoms with E-state index in [1.807, 2.05) is 0 Å². The fraction of sp³-hybridized carbons (Fsp3) is 0.560. The summed E-state index contributed by atoms with van der Waals surface area (Å²) < 4.78 is 5.43. The van der Waals surface area contributed by atoms with Crippen LogP contribution in [-0.2, 0) is 22.6 Å². The largest absolute Gasteiger partial charge is 0.381 e. The summed E-state index contributed by atoms with van der Waals surface area (Å²) in [4.78, 5) is 23.9. The third-order valence-corrected chi connectivity index (χ3v) is 7.36. The van der Waals surface area contributed by atoms with Gasteiger partial charge in [0, 0.05) is 43.4 Å². The summed E-state index contributed by atoms with van der Waals surface area (Å²) in [6.45, 7) is 5.65. The number of ether oxygens (including phenoxy) is 1. The van der Waals surface area contributed by atoms with E-state index in [0.29, 0.717) is 23.6 Å². The third-order valence-electron chi connectivity index (χ3n) is 7.08. The molecule has 5 rings (SSSR count). The first kappa shape index (κ1) is 22.6. The van der Waals surface area contributed by atoms with Crippen LogP contribution in [0.3, 0.4) is 0 Å². The van der Waals surface area contributed by atoms with Gasteiger partial charge >= 0.3 is 0 Å². The zero-order valence-corrected chi connectivity index (χ0v) is 20.0. The van der Waals surface area contributed by atoms with Crippen molar-refractivity contribution in [2.75, 3.05) is 25.1 Å². The second-order valence-corrected chi connectivity index (χ2v) is 10.3. The number of fused-ring (bicyclic) bond motifs is 1. The van der Waals surface area contributed by atoms with E-state index < -0.39 is 0 Å². The molecule has 2 aromatic rings. The van der Waals surface area contributed by atoms with Crippen molar-refractivity contribution in [3.63, 3.8) is 0 Å². The molecule has 7 nitrogen and oxygen atoms in total. The lowest BCUT2D eigenvalue weighted by atomic mass is 10.0. The number of benzene rings is 1. The van der Waals surface area contributed by atoms with Crippen molar-refractivity contribution in [2.45, 2.75) is 70.1 Å². The van der Waals surface area contributed by atoms with Gasteiger partial charge in [-0.3, -0.25) is 9.69 Å². The minimum absolute atomic E-state index is 0.0308. The first-order valence-electron chi connectivity index (χ1n) is 12.0. The van der Waals surface area contributed by atoms with E-state index in [0.717, 1.165) is 63.2 Å². The maximum atomic E-state index is 12.6. The van der Waals surface area contributed by atoms with Crippen LogP contribution in [0.25, 0.3) is 11.3 Å². The molecule has 2 aliphatic heterocycles. The molecule has 1 saturated carbocycles. The van der Waals surface area contributed by atoms with Gasteiger partial charge in [0.15, 0.2) is 0 Å². The Morgan fingerprint density at radius 3 is 2.76 bits per heavy atom. The lowest BCUT2D eigenvalue weighted by Crippen LogP contribution is -2.47. The molecular weight excluding hydrogens is 438 g/mol. The molecule has 33 heavy (non-hydrogen) atoms. The van der Waals surface area contributed by atoms with Crippen LogP contribution in [0.5, 0.6) is 0 Å².